The molecule has 1 aromatic heterocycles. The highest BCUT2D eigenvalue weighted by atomic mass is 32.2. The molecule has 0 unspecified atom stereocenters. The number of carbonyl (C=O) groups is 2. The van der Waals surface area contributed by atoms with Crippen LogP contribution in [-0.4, -0.2) is 90.5 Å². The molecule has 258 valence electrons. The van der Waals surface area contributed by atoms with Gasteiger partial charge in [-0.2, -0.15) is 0 Å². The van der Waals surface area contributed by atoms with Crippen LogP contribution >= 0.6 is 0 Å². The van der Waals surface area contributed by atoms with Gasteiger partial charge >= 0.3 is 6.36 Å². The SMILES string of the molecule is CCOCC1(S(=O)(=O)c2ccc(Oc3ccc(OC(F)(F)F)cc3)cc2)CCN(C(=O)c2nc(N)c(C(=O)N3CCCC3)nc2N)CC1. The number of halogens is 3. The zero-order chi connectivity index (χ0) is 34.7. The topological polar surface area (TPSA) is 180 Å². The number of ether oxygens (including phenoxy) is 3. The Kier molecular flexibility index (Phi) is 10.0. The van der Waals surface area contributed by atoms with Crippen LogP contribution in [0.4, 0.5) is 24.8 Å². The minimum atomic E-state index is -4.83. The van der Waals surface area contributed by atoms with E-state index in [1.165, 1.54) is 41.3 Å². The Labute approximate surface area is 274 Å². The summed E-state index contributed by atoms with van der Waals surface area (Å²) in [6, 6.07) is 10.4. The molecule has 0 atom stereocenters. The Bertz CT molecular complexity index is 1740. The van der Waals surface area contributed by atoms with E-state index < -0.39 is 38.5 Å². The van der Waals surface area contributed by atoms with Crippen LogP contribution in [0.1, 0.15) is 53.6 Å². The highest BCUT2D eigenvalue weighted by Crippen LogP contribution is 2.38. The summed E-state index contributed by atoms with van der Waals surface area (Å²) in [5.74, 6) is -1.40. The molecule has 2 aliphatic heterocycles. The number of nitrogen functional groups attached to an aromatic ring is 2. The van der Waals surface area contributed by atoms with Crippen LogP contribution in [0.3, 0.4) is 0 Å². The second-order valence-corrected chi connectivity index (χ2v) is 13.7. The molecule has 48 heavy (non-hydrogen) atoms. The number of benzene rings is 2. The Balaban J connectivity index is 1.28. The van der Waals surface area contributed by atoms with Gasteiger partial charge in [0.1, 0.15) is 22.0 Å². The molecule has 0 saturated carbocycles. The van der Waals surface area contributed by atoms with Crippen LogP contribution < -0.4 is 20.9 Å². The second-order valence-electron chi connectivity index (χ2n) is 11.4. The van der Waals surface area contributed by atoms with Crippen LogP contribution in [0.25, 0.3) is 0 Å². The van der Waals surface area contributed by atoms with E-state index >= 15 is 0 Å². The predicted molar refractivity (Wildman–Crippen MR) is 167 cm³/mol. The number of likely N-dealkylation sites (tertiary alicyclic amines) is 2. The van der Waals surface area contributed by atoms with Gasteiger partial charge in [-0.3, -0.25) is 9.59 Å². The fraction of sp³-hybridized carbons (Fsp3) is 0.419. The zero-order valence-corrected chi connectivity index (χ0v) is 26.8. The van der Waals surface area contributed by atoms with E-state index in [1.54, 1.807) is 11.8 Å². The van der Waals surface area contributed by atoms with Crippen molar-refractivity contribution in [2.45, 2.75) is 48.6 Å². The number of sulfone groups is 1. The number of piperidine rings is 1. The molecule has 2 saturated heterocycles. The van der Waals surface area contributed by atoms with Crippen LogP contribution in [0.2, 0.25) is 0 Å². The third kappa shape index (κ3) is 7.41. The van der Waals surface area contributed by atoms with E-state index in [9.17, 15) is 31.2 Å². The fourth-order valence-electron chi connectivity index (χ4n) is 5.67. The van der Waals surface area contributed by atoms with Gasteiger partial charge in [-0.1, -0.05) is 0 Å². The quantitative estimate of drug-likeness (QED) is 0.313. The van der Waals surface area contributed by atoms with Crippen molar-refractivity contribution in [1.82, 2.24) is 19.8 Å². The Hall–Kier alpha value is -4.64. The average Bonchev–Trinajstić information content (AvgIpc) is 3.60. The first-order valence-electron chi connectivity index (χ1n) is 15.2. The summed E-state index contributed by atoms with van der Waals surface area (Å²) < 4.78 is 79.2. The number of rotatable bonds is 10. The van der Waals surface area contributed by atoms with Gasteiger partial charge in [-0.05, 0) is 81.1 Å². The first-order chi connectivity index (χ1) is 22.7. The summed E-state index contributed by atoms with van der Waals surface area (Å²) >= 11 is 0. The highest BCUT2D eigenvalue weighted by Gasteiger charge is 2.48. The number of anilines is 2. The molecule has 17 heteroatoms. The number of nitrogens with zero attached hydrogens (tertiary/aromatic N) is 4. The predicted octanol–water partition coefficient (Wildman–Crippen LogP) is 4.05. The summed E-state index contributed by atoms with van der Waals surface area (Å²) in [4.78, 5) is 37.5. The molecule has 2 aromatic carbocycles. The first kappa shape index (κ1) is 34.7. The third-order valence-corrected chi connectivity index (χ3v) is 10.8. The lowest BCUT2D eigenvalue weighted by Gasteiger charge is -2.40. The normalized spacial score (nSPS) is 16.5. The molecule has 0 radical (unpaired) electrons. The minimum Gasteiger partial charge on any atom is -0.457 e. The van der Waals surface area contributed by atoms with Crippen molar-refractivity contribution in [3.05, 3.63) is 59.9 Å². The number of hydrogen-bond acceptors (Lipinski definition) is 11. The first-order valence-corrected chi connectivity index (χ1v) is 16.7. The molecule has 13 nitrogen and oxygen atoms in total. The van der Waals surface area contributed by atoms with Gasteiger partial charge in [-0.15, -0.1) is 13.2 Å². The molecule has 3 heterocycles. The van der Waals surface area contributed by atoms with Gasteiger partial charge in [0.25, 0.3) is 11.8 Å². The van der Waals surface area contributed by atoms with Gasteiger partial charge in [-0.25, -0.2) is 18.4 Å². The summed E-state index contributed by atoms with van der Waals surface area (Å²) in [5, 5.41) is 0. The number of aromatic nitrogens is 2. The molecule has 0 aliphatic carbocycles. The van der Waals surface area contributed by atoms with E-state index in [-0.39, 0.29) is 78.6 Å². The van der Waals surface area contributed by atoms with Crippen molar-refractivity contribution in [3.63, 3.8) is 0 Å². The third-order valence-electron chi connectivity index (χ3n) is 8.28. The monoisotopic (exact) mass is 692 g/mol. The number of hydrogen-bond donors (Lipinski definition) is 2. The van der Waals surface area contributed by atoms with E-state index in [1.807, 2.05) is 0 Å². The Morgan fingerprint density at radius 2 is 1.27 bits per heavy atom. The molecule has 2 amide bonds. The van der Waals surface area contributed by atoms with E-state index in [4.69, 9.17) is 20.9 Å². The molecule has 2 aliphatic rings. The molecule has 2 fully saturated rings. The Morgan fingerprint density at radius 3 is 1.75 bits per heavy atom. The number of carbonyl (C=O) groups excluding carboxylic acids is 2. The van der Waals surface area contributed by atoms with Crippen LogP contribution in [0.15, 0.2) is 53.4 Å². The van der Waals surface area contributed by atoms with E-state index in [0.29, 0.717) is 13.1 Å². The highest BCUT2D eigenvalue weighted by molar-refractivity contribution is 7.92. The van der Waals surface area contributed by atoms with Gasteiger partial charge in [0.05, 0.1) is 11.5 Å². The van der Waals surface area contributed by atoms with Gasteiger partial charge in [0.15, 0.2) is 32.9 Å². The average molecular weight is 693 g/mol. The maximum atomic E-state index is 14.1. The second kappa shape index (κ2) is 13.8. The molecular formula is C31H35F3N6O7S. The lowest BCUT2D eigenvalue weighted by Crippen LogP contribution is -2.53. The maximum Gasteiger partial charge on any atom is 0.573 e. The van der Waals surface area contributed by atoms with Crippen molar-refractivity contribution in [2.24, 2.45) is 0 Å². The summed E-state index contributed by atoms with van der Waals surface area (Å²) in [5.41, 5.74) is 11.8. The Morgan fingerprint density at radius 1 is 0.812 bits per heavy atom. The standard InChI is InChI=1S/C31H35F3N6O7S/c1-2-45-19-30(48(43,44)23-11-9-21(10-12-23)46-20-5-7-22(8-6-20)47-31(32,33)34)13-17-40(18-14-30)29(42)25-27(36)37-24(26(35)38-25)28(41)39-15-3-4-16-39/h5-12H,2-4,13-19H2,1H3,(H2,35,38)(H2,36,37). The van der Waals surface area contributed by atoms with E-state index in [0.717, 1.165) is 25.0 Å². The van der Waals surface area contributed by atoms with Crippen LogP contribution in [0.5, 0.6) is 17.2 Å². The number of alkyl halides is 3. The summed E-state index contributed by atoms with van der Waals surface area (Å²) in [7, 11) is -4.02. The molecule has 3 aromatic rings. The van der Waals surface area contributed by atoms with Crippen molar-refractivity contribution in [3.8, 4) is 17.2 Å². The lowest BCUT2D eigenvalue weighted by atomic mass is 9.96. The van der Waals surface area contributed by atoms with Crippen molar-refractivity contribution < 1.29 is 45.4 Å². The van der Waals surface area contributed by atoms with Crippen molar-refractivity contribution in [1.29, 1.82) is 0 Å². The van der Waals surface area contributed by atoms with E-state index in [2.05, 4.69) is 14.7 Å². The maximum absolute atomic E-state index is 14.1. The lowest BCUT2D eigenvalue weighted by molar-refractivity contribution is -0.274. The number of nitrogens with two attached hydrogens (primary N) is 2. The molecular weight excluding hydrogens is 657 g/mol. The van der Waals surface area contributed by atoms with Crippen molar-refractivity contribution >= 4 is 33.3 Å². The largest absolute Gasteiger partial charge is 0.573 e. The summed E-state index contributed by atoms with van der Waals surface area (Å²) in [6.45, 7) is 3.12. The van der Waals surface area contributed by atoms with Gasteiger partial charge < -0.3 is 35.5 Å². The molecule has 5 rings (SSSR count). The molecule has 0 bridgehead atoms. The van der Waals surface area contributed by atoms with Crippen LogP contribution in [0, 0.1) is 0 Å². The van der Waals surface area contributed by atoms with Gasteiger partial charge in [0, 0.05) is 32.8 Å². The molecule has 0 spiro atoms. The fourth-order valence-corrected chi connectivity index (χ4v) is 7.63. The number of amides is 2. The van der Waals surface area contributed by atoms with Crippen molar-refractivity contribution in [2.75, 3.05) is 50.9 Å². The van der Waals surface area contributed by atoms with Gasteiger partial charge in [0.2, 0.25) is 0 Å². The molecule has 4 N–H and O–H groups in total. The smallest absolute Gasteiger partial charge is 0.457 e. The zero-order valence-electron chi connectivity index (χ0n) is 26.0. The van der Waals surface area contributed by atoms with Crippen LogP contribution in [-0.2, 0) is 14.6 Å². The summed E-state index contributed by atoms with van der Waals surface area (Å²) in [6.07, 6.45) is -3.01. The minimum absolute atomic E-state index is 0.00407.